The molecule has 0 spiro atoms. The lowest BCUT2D eigenvalue weighted by Gasteiger charge is -2.34. The normalized spacial score (nSPS) is 15.1. The van der Waals surface area contributed by atoms with Crippen LogP contribution in [0.2, 0.25) is 0 Å². The summed E-state index contributed by atoms with van der Waals surface area (Å²) in [4.78, 5) is 4.64. The van der Waals surface area contributed by atoms with Crippen LogP contribution in [0.1, 0.15) is 0 Å². The van der Waals surface area contributed by atoms with Crippen LogP contribution in [0.4, 0.5) is 17.1 Å². The van der Waals surface area contributed by atoms with Gasteiger partial charge in [-0.2, -0.15) is 0 Å². The first-order chi connectivity index (χ1) is 7.16. The van der Waals surface area contributed by atoms with E-state index in [1.54, 1.807) is 0 Å². The van der Waals surface area contributed by atoms with E-state index < -0.39 is 0 Å². The van der Waals surface area contributed by atoms with Gasteiger partial charge in [-0.25, -0.2) is 0 Å². The van der Waals surface area contributed by atoms with Gasteiger partial charge in [0.25, 0.3) is 0 Å². The van der Waals surface area contributed by atoms with Gasteiger partial charge >= 0.3 is 0 Å². The summed E-state index contributed by atoms with van der Waals surface area (Å²) in [5, 5.41) is 0. The molecule has 2 rings (SSSR count). The zero-order valence-electron chi connectivity index (χ0n) is 10.3. The largest absolute Gasteiger partial charge is 0.399 e. The molecule has 1 aromatic rings. The molecule has 1 aromatic carbocycles. The lowest BCUT2D eigenvalue weighted by atomic mass is 10.2. The molecule has 0 atom stereocenters. The van der Waals surface area contributed by atoms with Gasteiger partial charge in [-0.3, -0.25) is 0 Å². The number of piperazine rings is 1. The van der Waals surface area contributed by atoms with E-state index >= 15 is 0 Å². The Labute approximate surface area is 127 Å². The molecule has 4 nitrogen and oxygen atoms in total. The fraction of sp³-hybridized carbons (Fsp3) is 0.455. The van der Waals surface area contributed by atoms with Crippen LogP contribution < -0.4 is 16.4 Å². The van der Waals surface area contributed by atoms with Crippen molar-refractivity contribution < 1.29 is 0 Å². The molecule has 4 N–H and O–H groups in total. The van der Waals surface area contributed by atoms with E-state index in [1.165, 1.54) is 0 Å². The van der Waals surface area contributed by atoms with Crippen molar-refractivity contribution in [3.05, 3.63) is 18.2 Å². The number of hydrogen-bond acceptors (Lipinski definition) is 4. The molecule has 18 heavy (non-hydrogen) atoms. The summed E-state index contributed by atoms with van der Waals surface area (Å²) in [6, 6.07) is 5.74. The van der Waals surface area contributed by atoms with E-state index in [4.69, 9.17) is 11.5 Å². The van der Waals surface area contributed by atoms with Crippen molar-refractivity contribution in [2.24, 2.45) is 0 Å². The molecule has 1 aliphatic heterocycles. The van der Waals surface area contributed by atoms with E-state index in [0.717, 1.165) is 43.2 Å². The van der Waals surface area contributed by atoms with Crippen LogP contribution >= 0.6 is 37.2 Å². The topological polar surface area (TPSA) is 58.5 Å². The SMILES string of the molecule is CN1CCN(c2ccc(N)cc2N)CC1.Cl.Cl.Cl. The van der Waals surface area contributed by atoms with Gasteiger partial charge in [0.15, 0.2) is 0 Å². The second-order valence-electron chi connectivity index (χ2n) is 4.11. The highest BCUT2D eigenvalue weighted by atomic mass is 35.5. The van der Waals surface area contributed by atoms with Gasteiger partial charge < -0.3 is 21.3 Å². The molecule has 0 radical (unpaired) electrons. The van der Waals surface area contributed by atoms with E-state index in [0.29, 0.717) is 0 Å². The number of halogens is 3. The Morgan fingerprint density at radius 3 is 2.00 bits per heavy atom. The molecule has 1 aliphatic rings. The standard InChI is InChI=1S/C11H18N4.3ClH/c1-14-4-6-15(7-5-14)11-3-2-9(12)8-10(11)13;;;/h2-3,8H,4-7,12-13H2,1H3;3*1H. The zero-order chi connectivity index (χ0) is 10.8. The predicted molar refractivity (Wildman–Crippen MR) is 86.7 cm³/mol. The molecule has 1 saturated heterocycles. The quantitative estimate of drug-likeness (QED) is 0.777. The van der Waals surface area contributed by atoms with Crippen LogP contribution in [0, 0.1) is 0 Å². The number of nitrogens with two attached hydrogens (primary N) is 2. The minimum absolute atomic E-state index is 0. The molecule has 0 bridgehead atoms. The Hall–Kier alpha value is -0.550. The molecule has 106 valence electrons. The summed E-state index contributed by atoms with van der Waals surface area (Å²) in [5.74, 6) is 0. The highest BCUT2D eigenvalue weighted by Gasteiger charge is 2.15. The lowest BCUT2D eigenvalue weighted by molar-refractivity contribution is 0.313. The second-order valence-corrected chi connectivity index (χ2v) is 4.11. The van der Waals surface area contributed by atoms with Gasteiger partial charge in [0.05, 0.1) is 11.4 Å². The minimum atomic E-state index is 0. The highest BCUT2D eigenvalue weighted by molar-refractivity contribution is 5.86. The van der Waals surface area contributed by atoms with E-state index in [1.807, 2.05) is 18.2 Å². The maximum Gasteiger partial charge on any atom is 0.0602 e. The molecule has 0 unspecified atom stereocenters. The zero-order valence-corrected chi connectivity index (χ0v) is 12.8. The molecule has 7 heteroatoms. The number of likely N-dealkylation sites (N-methyl/N-ethyl adjacent to an activating group) is 1. The van der Waals surface area contributed by atoms with Crippen molar-refractivity contribution in [1.29, 1.82) is 0 Å². The van der Waals surface area contributed by atoms with E-state index in [-0.39, 0.29) is 37.2 Å². The van der Waals surface area contributed by atoms with Crippen LogP contribution in [-0.2, 0) is 0 Å². The molecule has 1 fully saturated rings. The predicted octanol–water partition coefficient (Wildman–Crippen LogP) is 1.87. The average Bonchev–Trinajstić information content (AvgIpc) is 2.20. The summed E-state index contributed by atoms with van der Waals surface area (Å²) in [6.45, 7) is 4.24. The van der Waals surface area contributed by atoms with Crippen molar-refractivity contribution in [2.45, 2.75) is 0 Å². The summed E-state index contributed by atoms with van der Waals surface area (Å²) in [7, 11) is 2.14. The number of nitrogens with zero attached hydrogens (tertiary/aromatic N) is 2. The fourth-order valence-electron chi connectivity index (χ4n) is 1.91. The van der Waals surface area contributed by atoms with Gasteiger partial charge in [0.2, 0.25) is 0 Å². The molecular weight excluding hydrogens is 295 g/mol. The average molecular weight is 316 g/mol. The van der Waals surface area contributed by atoms with E-state index in [9.17, 15) is 0 Å². The van der Waals surface area contributed by atoms with Crippen molar-refractivity contribution in [1.82, 2.24) is 4.90 Å². The summed E-state index contributed by atoms with van der Waals surface area (Å²) >= 11 is 0. The van der Waals surface area contributed by atoms with Crippen LogP contribution in [0.3, 0.4) is 0 Å². The first kappa shape index (κ1) is 19.8. The van der Waals surface area contributed by atoms with Crippen molar-refractivity contribution in [3.8, 4) is 0 Å². The van der Waals surface area contributed by atoms with Crippen molar-refractivity contribution in [2.75, 3.05) is 49.6 Å². The third-order valence-electron chi connectivity index (χ3n) is 2.90. The number of nitrogen functional groups attached to an aromatic ring is 2. The van der Waals surface area contributed by atoms with Gasteiger partial charge in [0.1, 0.15) is 0 Å². The van der Waals surface area contributed by atoms with Gasteiger partial charge in [0, 0.05) is 31.9 Å². The van der Waals surface area contributed by atoms with Crippen LogP contribution in [-0.4, -0.2) is 38.1 Å². The molecule has 0 saturated carbocycles. The summed E-state index contributed by atoms with van der Waals surface area (Å²) in [6.07, 6.45) is 0. The van der Waals surface area contributed by atoms with Gasteiger partial charge in [-0.1, -0.05) is 0 Å². The Bertz CT molecular complexity index is 354. The Morgan fingerprint density at radius 1 is 0.944 bits per heavy atom. The lowest BCUT2D eigenvalue weighted by Crippen LogP contribution is -2.44. The third kappa shape index (κ3) is 4.61. The smallest absolute Gasteiger partial charge is 0.0602 e. The number of benzene rings is 1. The number of rotatable bonds is 1. The fourth-order valence-corrected chi connectivity index (χ4v) is 1.91. The monoisotopic (exact) mass is 314 g/mol. The van der Waals surface area contributed by atoms with Gasteiger partial charge in [-0.05, 0) is 25.2 Å². The van der Waals surface area contributed by atoms with E-state index in [2.05, 4.69) is 16.8 Å². The number of hydrogen-bond donors (Lipinski definition) is 2. The van der Waals surface area contributed by atoms with Crippen LogP contribution in [0.5, 0.6) is 0 Å². The second kappa shape index (κ2) is 8.53. The third-order valence-corrected chi connectivity index (χ3v) is 2.90. The molecule has 0 aliphatic carbocycles. The molecule has 0 amide bonds. The minimum Gasteiger partial charge on any atom is -0.399 e. The molecular formula is C11H21Cl3N4. The first-order valence-electron chi connectivity index (χ1n) is 5.25. The first-order valence-corrected chi connectivity index (χ1v) is 5.25. The van der Waals surface area contributed by atoms with Crippen LogP contribution in [0.15, 0.2) is 18.2 Å². The number of anilines is 3. The maximum absolute atomic E-state index is 5.95. The van der Waals surface area contributed by atoms with Crippen LogP contribution in [0.25, 0.3) is 0 Å². The van der Waals surface area contributed by atoms with Crippen molar-refractivity contribution >= 4 is 54.3 Å². The molecule has 1 heterocycles. The highest BCUT2D eigenvalue weighted by Crippen LogP contribution is 2.25. The van der Waals surface area contributed by atoms with Gasteiger partial charge in [-0.15, -0.1) is 37.2 Å². The summed E-state index contributed by atoms with van der Waals surface area (Å²) in [5.41, 5.74) is 14.2. The Kier molecular flexibility index (Phi) is 9.38. The maximum atomic E-state index is 5.95. The van der Waals surface area contributed by atoms with Crippen molar-refractivity contribution in [3.63, 3.8) is 0 Å². The molecule has 0 aromatic heterocycles. The Morgan fingerprint density at radius 2 is 1.50 bits per heavy atom. The summed E-state index contributed by atoms with van der Waals surface area (Å²) < 4.78 is 0. The Balaban J connectivity index is 0.